The Bertz CT molecular complexity index is 497. The summed E-state index contributed by atoms with van der Waals surface area (Å²) >= 11 is 0. The lowest BCUT2D eigenvalue weighted by atomic mass is 9.79. The lowest BCUT2D eigenvalue weighted by Gasteiger charge is -2.37. The number of ether oxygens (including phenoxy) is 1. The van der Waals surface area contributed by atoms with E-state index in [-0.39, 0.29) is 5.60 Å². The van der Waals surface area contributed by atoms with Gasteiger partial charge in [0.15, 0.2) is 0 Å². The van der Waals surface area contributed by atoms with E-state index in [1.807, 2.05) is 0 Å². The molecular formula is C20H30O. The molecule has 1 saturated carbocycles. The van der Waals surface area contributed by atoms with E-state index >= 15 is 0 Å². The summed E-state index contributed by atoms with van der Waals surface area (Å²) in [7, 11) is 0. The van der Waals surface area contributed by atoms with Gasteiger partial charge in [0.2, 0.25) is 0 Å². The smallest absolute Gasteiger partial charge is 0.120 e. The third-order valence-corrected chi connectivity index (χ3v) is 5.97. The number of hydrogen-bond acceptors (Lipinski definition) is 1. The van der Waals surface area contributed by atoms with Crippen molar-refractivity contribution in [3.05, 3.63) is 29.3 Å². The van der Waals surface area contributed by atoms with Gasteiger partial charge >= 0.3 is 0 Å². The lowest BCUT2D eigenvalue weighted by molar-refractivity contribution is 0.0252. The van der Waals surface area contributed by atoms with Crippen LogP contribution < -0.4 is 4.74 Å². The van der Waals surface area contributed by atoms with Crippen molar-refractivity contribution in [1.29, 1.82) is 0 Å². The van der Waals surface area contributed by atoms with Crippen LogP contribution in [-0.4, -0.2) is 5.60 Å². The predicted octanol–water partition coefficient (Wildman–Crippen LogP) is 5.72. The highest BCUT2D eigenvalue weighted by Gasteiger charge is 2.33. The van der Waals surface area contributed by atoms with Crippen LogP contribution >= 0.6 is 0 Å². The highest BCUT2D eigenvalue weighted by molar-refractivity contribution is 5.41. The fourth-order valence-electron chi connectivity index (χ4n) is 4.28. The molecule has 1 aromatic carbocycles. The Morgan fingerprint density at radius 1 is 1.05 bits per heavy atom. The fourth-order valence-corrected chi connectivity index (χ4v) is 4.28. The summed E-state index contributed by atoms with van der Waals surface area (Å²) in [4.78, 5) is 0. The van der Waals surface area contributed by atoms with E-state index in [0.29, 0.717) is 11.8 Å². The van der Waals surface area contributed by atoms with E-state index in [9.17, 15) is 0 Å². The average molecular weight is 286 g/mol. The van der Waals surface area contributed by atoms with Gasteiger partial charge in [-0.25, -0.2) is 0 Å². The molecule has 0 saturated heterocycles. The summed E-state index contributed by atoms with van der Waals surface area (Å²) in [6, 6.07) is 6.80. The van der Waals surface area contributed by atoms with Crippen LogP contribution in [0, 0.1) is 11.8 Å². The molecule has 2 aliphatic carbocycles. The van der Waals surface area contributed by atoms with Crippen molar-refractivity contribution in [3.8, 4) is 5.75 Å². The van der Waals surface area contributed by atoms with Gasteiger partial charge in [-0.2, -0.15) is 0 Å². The second-order valence-electron chi connectivity index (χ2n) is 7.87. The van der Waals surface area contributed by atoms with Crippen LogP contribution in [0.25, 0.3) is 0 Å². The zero-order valence-corrected chi connectivity index (χ0v) is 14.1. The highest BCUT2D eigenvalue weighted by Crippen LogP contribution is 2.40. The van der Waals surface area contributed by atoms with Crippen LogP contribution in [-0.2, 0) is 6.42 Å². The van der Waals surface area contributed by atoms with Gasteiger partial charge in [0.25, 0.3) is 0 Å². The molecule has 0 bridgehead atoms. The van der Waals surface area contributed by atoms with E-state index in [1.165, 1.54) is 49.7 Å². The topological polar surface area (TPSA) is 9.23 Å². The monoisotopic (exact) mass is 286 g/mol. The largest absolute Gasteiger partial charge is 0.488 e. The maximum Gasteiger partial charge on any atom is 0.120 e. The molecule has 2 aliphatic rings. The van der Waals surface area contributed by atoms with Gasteiger partial charge in [-0.3, -0.25) is 0 Å². The SMILES string of the molecule is CC1Cc2cc(OC(C)(C)C3CCCCC3)ccc2C1C. The molecule has 0 spiro atoms. The van der Waals surface area contributed by atoms with Crippen molar-refractivity contribution >= 4 is 0 Å². The second kappa shape index (κ2) is 5.66. The minimum absolute atomic E-state index is 0.0372. The van der Waals surface area contributed by atoms with Crippen LogP contribution in [0.15, 0.2) is 18.2 Å². The molecule has 21 heavy (non-hydrogen) atoms. The summed E-state index contributed by atoms with van der Waals surface area (Å²) in [5, 5.41) is 0. The molecule has 116 valence electrons. The van der Waals surface area contributed by atoms with E-state index in [4.69, 9.17) is 4.74 Å². The zero-order valence-electron chi connectivity index (χ0n) is 14.1. The quantitative estimate of drug-likeness (QED) is 0.690. The van der Waals surface area contributed by atoms with Crippen molar-refractivity contribution in [3.63, 3.8) is 0 Å². The van der Waals surface area contributed by atoms with E-state index in [1.54, 1.807) is 0 Å². The molecule has 1 heteroatoms. The first-order chi connectivity index (χ1) is 9.97. The molecule has 1 nitrogen and oxygen atoms in total. The first kappa shape index (κ1) is 14.9. The standard InChI is InChI=1S/C20H30O/c1-14-12-16-13-18(10-11-19(16)15(14)2)21-20(3,4)17-8-6-5-7-9-17/h10-11,13-15,17H,5-9,12H2,1-4H3. The van der Waals surface area contributed by atoms with E-state index in [0.717, 1.165) is 11.7 Å². The Morgan fingerprint density at radius 3 is 2.48 bits per heavy atom. The second-order valence-corrected chi connectivity index (χ2v) is 7.87. The Morgan fingerprint density at radius 2 is 1.76 bits per heavy atom. The van der Waals surface area contributed by atoms with Crippen molar-refractivity contribution in [2.45, 2.75) is 77.7 Å². The van der Waals surface area contributed by atoms with Crippen molar-refractivity contribution in [1.82, 2.24) is 0 Å². The normalized spacial score (nSPS) is 26.7. The molecule has 0 N–H and O–H groups in total. The predicted molar refractivity (Wildman–Crippen MR) is 89.0 cm³/mol. The molecule has 1 fully saturated rings. The number of fused-ring (bicyclic) bond motifs is 1. The van der Waals surface area contributed by atoms with Gasteiger partial charge < -0.3 is 4.74 Å². The minimum Gasteiger partial charge on any atom is -0.488 e. The molecule has 0 aromatic heterocycles. The van der Waals surface area contributed by atoms with E-state index in [2.05, 4.69) is 45.9 Å². The molecule has 0 heterocycles. The summed E-state index contributed by atoms with van der Waals surface area (Å²) in [6.07, 6.45) is 8.00. The Balaban J connectivity index is 1.75. The van der Waals surface area contributed by atoms with Crippen LogP contribution in [0.1, 0.15) is 76.8 Å². The molecule has 0 amide bonds. The van der Waals surface area contributed by atoms with Crippen molar-refractivity contribution < 1.29 is 4.74 Å². The van der Waals surface area contributed by atoms with Gasteiger partial charge in [-0.15, -0.1) is 0 Å². The molecule has 2 unspecified atom stereocenters. The van der Waals surface area contributed by atoms with Gasteiger partial charge in [0.1, 0.15) is 11.4 Å². The van der Waals surface area contributed by atoms with Crippen molar-refractivity contribution in [2.75, 3.05) is 0 Å². The molecule has 3 rings (SSSR count). The van der Waals surface area contributed by atoms with Gasteiger partial charge in [0.05, 0.1) is 0 Å². The third-order valence-electron chi connectivity index (χ3n) is 5.97. The molecule has 0 aliphatic heterocycles. The molecular weight excluding hydrogens is 256 g/mol. The number of benzene rings is 1. The summed E-state index contributed by atoms with van der Waals surface area (Å²) in [5.74, 6) is 3.24. The van der Waals surface area contributed by atoms with Gasteiger partial charge in [0, 0.05) is 0 Å². The van der Waals surface area contributed by atoms with Crippen LogP contribution in [0.3, 0.4) is 0 Å². The maximum atomic E-state index is 6.44. The van der Waals surface area contributed by atoms with Gasteiger partial charge in [-0.1, -0.05) is 39.2 Å². The van der Waals surface area contributed by atoms with Crippen LogP contribution in [0.4, 0.5) is 0 Å². The van der Waals surface area contributed by atoms with Gasteiger partial charge in [-0.05, 0) is 74.1 Å². The summed E-state index contributed by atoms with van der Waals surface area (Å²) in [5.41, 5.74) is 3.00. The molecule has 0 radical (unpaired) electrons. The van der Waals surface area contributed by atoms with Crippen LogP contribution in [0.5, 0.6) is 5.75 Å². The minimum atomic E-state index is -0.0372. The Labute approximate surface area is 130 Å². The molecule has 1 aromatic rings. The first-order valence-corrected chi connectivity index (χ1v) is 8.79. The van der Waals surface area contributed by atoms with Crippen LogP contribution in [0.2, 0.25) is 0 Å². The molecule has 2 atom stereocenters. The Kier molecular flexibility index (Phi) is 4.03. The Hall–Kier alpha value is -0.980. The summed E-state index contributed by atoms with van der Waals surface area (Å²) in [6.45, 7) is 9.27. The first-order valence-electron chi connectivity index (χ1n) is 8.79. The number of rotatable bonds is 3. The lowest BCUT2D eigenvalue weighted by Crippen LogP contribution is -2.38. The fraction of sp³-hybridized carbons (Fsp3) is 0.700. The maximum absolute atomic E-state index is 6.44. The van der Waals surface area contributed by atoms with E-state index < -0.39 is 0 Å². The summed E-state index contributed by atoms with van der Waals surface area (Å²) < 4.78 is 6.44. The number of hydrogen-bond donors (Lipinski definition) is 0. The van der Waals surface area contributed by atoms with Crippen molar-refractivity contribution in [2.24, 2.45) is 11.8 Å². The third kappa shape index (κ3) is 2.98. The zero-order chi connectivity index (χ0) is 15.0. The highest BCUT2D eigenvalue weighted by atomic mass is 16.5. The average Bonchev–Trinajstić information content (AvgIpc) is 2.74.